The van der Waals surface area contributed by atoms with E-state index in [4.69, 9.17) is 0 Å². The minimum atomic E-state index is -0.432. The van der Waals surface area contributed by atoms with E-state index in [1.54, 1.807) is 18.5 Å². The van der Waals surface area contributed by atoms with Crippen LogP contribution >= 0.6 is 15.9 Å². The molecule has 2 heterocycles. The smallest absolute Gasteiger partial charge is 0.240 e. The lowest BCUT2D eigenvalue weighted by Gasteiger charge is -2.30. The Bertz CT molecular complexity index is 538. The SMILES string of the molecule is O=C1CC2(CCCCC2)C(=O)N1c1ccncc1Br. The second kappa shape index (κ2) is 4.71. The lowest BCUT2D eigenvalue weighted by molar-refractivity contribution is -0.127. The third-order valence-corrected chi connectivity index (χ3v) is 4.81. The highest BCUT2D eigenvalue weighted by Crippen LogP contribution is 2.47. The average Bonchev–Trinajstić information content (AvgIpc) is 2.63. The highest BCUT2D eigenvalue weighted by atomic mass is 79.9. The van der Waals surface area contributed by atoms with Gasteiger partial charge in [0, 0.05) is 18.8 Å². The van der Waals surface area contributed by atoms with E-state index >= 15 is 0 Å². The van der Waals surface area contributed by atoms with Gasteiger partial charge in [0.1, 0.15) is 0 Å². The van der Waals surface area contributed by atoms with Crippen LogP contribution in [0.5, 0.6) is 0 Å². The van der Waals surface area contributed by atoms with E-state index in [-0.39, 0.29) is 11.8 Å². The molecule has 3 rings (SSSR count). The third-order valence-electron chi connectivity index (χ3n) is 4.20. The summed E-state index contributed by atoms with van der Waals surface area (Å²) in [5.74, 6) is -0.108. The highest BCUT2D eigenvalue weighted by Gasteiger charge is 2.52. The molecule has 0 N–H and O–H groups in total. The van der Waals surface area contributed by atoms with E-state index < -0.39 is 5.41 Å². The van der Waals surface area contributed by atoms with Crippen molar-refractivity contribution in [3.05, 3.63) is 22.9 Å². The van der Waals surface area contributed by atoms with Crippen molar-refractivity contribution in [3.63, 3.8) is 0 Å². The van der Waals surface area contributed by atoms with Crippen LogP contribution in [0.4, 0.5) is 5.69 Å². The number of imide groups is 1. The molecule has 2 aliphatic rings. The first-order valence-corrected chi connectivity index (χ1v) is 7.40. The van der Waals surface area contributed by atoms with Crippen molar-refractivity contribution in [3.8, 4) is 0 Å². The summed E-state index contributed by atoms with van der Waals surface area (Å²) in [6, 6.07) is 1.71. The average molecular weight is 323 g/mol. The quantitative estimate of drug-likeness (QED) is 0.747. The van der Waals surface area contributed by atoms with E-state index in [0.717, 1.165) is 25.7 Å². The Hall–Kier alpha value is -1.23. The Morgan fingerprint density at radius 1 is 1.21 bits per heavy atom. The number of carbonyl (C=O) groups is 2. The fourth-order valence-electron chi connectivity index (χ4n) is 3.21. The van der Waals surface area contributed by atoms with E-state index in [1.807, 2.05) is 0 Å². The summed E-state index contributed by atoms with van der Waals surface area (Å²) >= 11 is 3.37. The zero-order valence-corrected chi connectivity index (χ0v) is 12.1. The topological polar surface area (TPSA) is 50.3 Å². The molecule has 19 heavy (non-hydrogen) atoms. The first-order valence-electron chi connectivity index (χ1n) is 6.61. The summed E-state index contributed by atoms with van der Waals surface area (Å²) in [7, 11) is 0. The van der Waals surface area contributed by atoms with Gasteiger partial charge in [-0.15, -0.1) is 0 Å². The van der Waals surface area contributed by atoms with Gasteiger partial charge in [0.05, 0.1) is 15.6 Å². The largest absolute Gasteiger partial charge is 0.274 e. The second-order valence-electron chi connectivity index (χ2n) is 5.38. The summed E-state index contributed by atoms with van der Waals surface area (Å²) < 4.78 is 0.685. The number of nitrogens with zero attached hydrogens (tertiary/aromatic N) is 2. The third kappa shape index (κ3) is 2.00. The molecule has 0 radical (unpaired) electrons. The molecule has 1 aliphatic carbocycles. The molecule has 0 unspecified atom stereocenters. The predicted molar refractivity (Wildman–Crippen MR) is 74.6 cm³/mol. The lowest BCUT2D eigenvalue weighted by atomic mass is 9.73. The van der Waals surface area contributed by atoms with Gasteiger partial charge in [-0.1, -0.05) is 19.3 Å². The monoisotopic (exact) mass is 322 g/mol. The van der Waals surface area contributed by atoms with Crippen LogP contribution in [0, 0.1) is 5.41 Å². The Morgan fingerprint density at radius 3 is 2.63 bits per heavy atom. The summed E-state index contributed by atoms with van der Waals surface area (Å²) in [6.45, 7) is 0. The van der Waals surface area contributed by atoms with Gasteiger partial charge >= 0.3 is 0 Å². The number of pyridine rings is 1. The molecule has 5 heteroatoms. The fraction of sp³-hybridized carbons (Fsp3) is 0.500. The van der Waals surface area contributed by atoms with Crippen molar-refractivity contribution >= 4 is 33.4 Å². The van der Waals surface area contributed by atoms with Crippen LogP contribution in [-0.2, 0) is 9.59 Å². The van der Waals surface area contributed by atoms with Crippen LogP contribution in [0.1, 0.15) is 38.5 Å². The van der Waals surface area contributed by atoms with Crippen LogP contribution in [0.3, 0.4) is 0 Å². The molecule has 1 aromatic rings. The van der Waals surface area contributed by atoms with Crippen molar-refractivity contribution in [2.45, 2.75) is 38.5 Å². The molecule has 0 atom stereocenters. The van der Waals surface area contributed by atoms with Gasteiger partial charge in [-0.05, 0) is 34.8 Å². The first kappa shape index (κ1) is 12.8. The number of amides is 2. The van der Waals surface area contributed by atoms with Crippen molar-refractivity contribution in [2.75, 3.05) is 4.90 Å². The van der Waals surface area contributed by atoms with Crippen LogP contribution < -0.4 is 4.90 Å². The molecule has 2 fully saturated rings. The number of carbonyl (C=O) groups excluding carboxylic acids is 2. The zero-order valence-electron chi connectivity index (χ0n) is 10.6. The number of halogens is 1. The lowest BCUT2D eigenvalue weighted by Crippen LogP contribution is -2.37. The highest BCUT2D eigenvalue weighted by molar-refractivity contribution is 9.10. The van der Waals surface area contributed by atoms with Crippen LogP contribution in [0.2, 0.25) is 0 Å². The summed E-state index contributed by atoms with van der Waals surface area (Å²) in [4.78, 5) is 30.3. The van der Waals surface area contributed by atoms with Crippen LogP contribution in [-0.4, -0.2) is 16.8 Å². The van der Waals surface area contributed by atoms with Crippen molar-refractivity contribution in [1.29, 1.82) is 0 Å². The van der Waals surface area contributed by atoms with Gasteiger partial charge in [-0.2, -0.15) is 0 Å². The predicted octanol–water partition coefficient (Wildman–Crippen LogP) is 3.06. The number of aromatic nitrogens is 1. The summed E-state index contributed by atoms with van der Waals surface area (Å²) in [5.41, 5.74) is 0.186. The zero-order chi connectivity index (χ0) is 13.5. The molecule has 1 aliphatic heterocycles. The van der Waals surface area contributed by atoms with Crippen molar-refractivity contribution < 1.29 is 9.59 Å². The Labute approximate surface area is 120 Å². The summed E-state index contributed by atoms with van der Waals surface area (Å²) in [5, 5.41) is 0. The maximum absolute atomic E-state index is 12.7. The molecule has 4 nitrogen and oxygen atoms in total. The summed E-state index contributed by atoms with van der Waals surface area (Å²) in [6.07, 6.45) is 8.53. The van der Waals surface area contributed by atoms with Crippen LogP contribution in [0.25, 0.3) is 0 Å². The van der Waals surface area contributed by atoms with Gasteiger partial charge < -0.3 is 0 Å². The normalized spacial score (nSPS) is 22.3. The molecule has 2 amide bonds. The molecular formula is C14H15BrN2O2. The molecule has 0 bridgehead atoms. The van der Waals surface area contributed by atoms with Gasteiger partial charge in [-0.25, -0.2) is 4.90 Å². The van der Waals surface area contributed by atoms with Crippen molar-refractivity contribution in [1.82, 2.24) is 4.98 Å². The molecule has 0 aromatic carbocycles. The van der Waals surface area contributed by atoms with Gasteiger partial charge in [0.25, 0.3) is 0 Å². The standard InChI is InChI=1S/C14H15BrN2O2/c15-10-9-16-7-4-11(10)17-12(18)8-14(13(17)19)5-2-1-3-6-14/h4,7,9H,1-3,5-6,8H2. The number of hydrogen-bond donors (Lipinski definition) is 0. The molecule has 1 spiro atoms. The molecule has 100 valence electrons. The van der Waals surface area contributed by atoms with E-state index in [0.29, 0.717) is 16.6 Å². The molecule has 1 saturated heterocycles. The van der Waals surface area contributed by atoms with E-state index in [2.05, 4.69) is 20.9 Å². The van der Waals surface area contributed by atoms with Gasteiger partial charge in [-0.3, -0.25) is 14.6 Å². The minimum absolute atomic E-state index is 0.0240. The van der Waals surface area contributed by atoms with Gasteiger partial charge in [0.15, 0.2) is 0 Å². The maximum atomic E-state index is 12.7. The van der Waals surface area contributed by atoms with Crippen LogP contribution in [0.15, 0.2) is 22.9 Å². The molecule has 1 saturated carbocycles. The maximum Gasteiger partial charge on any atom is 0.240 e. The first-order chi connectivity index (χ1) is 9.14. The second-order valence-corrected chi connectivity index (χ2v) is 6.23. The van der Waals surface area contributed by atoms with Gasteiger partial charge in [0.2, 0.25) is 11.8 Å². The van der Waals surface area contributed by atoms with E-state index in [1.165, 1.54) is 11.3 Å². The Balaban J connectivity index is 1.98. The van der Waals surface area contributed by atoms with E-state index in [9.17, 15) is 9.59 Å². The number of rotatable bonds is 1. The van der Waals surface area contributed by atoms with Crippen molar-refractivity contribution in [2.24, 2.45) is 5.41 Å². The number of hydrogen-bond acceptors (Lipinski definition) is 3. The molecule has 1 aromatic heterocycles. The fourth-order valence-corrected chi connectivity index (χ4v) is 3.63. The molecular weight excluding hydrogens is 308 g/mol. The Morgan fingerprint density at radius 2 is 1.95 bits per heavy atom. The Kier molecular flexibility index (Phi) is 3.17. The number of anilines is 1. The minimum Gasteiger partial charge on any atom is -0.274 e.